The number of carbonyl (C=O) groups is 1. The summed E-state index contributed by atoms with van der Waals surface area (Å²) in [6, 6.07) is 16.6. The Kier molecular flexibility index (Phi) is 4.75. The van der Waals surface area contributed by atoms with E-state index in [2.05, 4.69) is 11.9 Å². The third-order valence-corrected chi connectivity index (χ3v) is 3.59. The molecule has 4 nitrogen and oxygen atoms in total. The zero-order valence-corrected chi connectivity index (χ0v) is 13.8. The van der Waals surface area contributed by atoms with E-state index in [4.69, 9.17) is 9.47 Å². The molecule has 0 amide bonds. The number of ether oxygens (including phenoxy) is 2. The van der Waals surface area contributed by atoms with Crippen LogP contribution >= 0.6 is 0 Å². The van der Waals surface area contributed by atoms with Crippen LogP contribution < -0.4 is 9.47 Å². The Morgan fingerprint density at radius 1 is 1.00 bits per heavy atom. The molecule has 0 spiro atoms. The van der Waals surface area contributed by atoms with Crippen molar-refractivity contribution in [2.45, 2.75) is 20.3 Å². The standard InChI is InChI=1S/C20H19NO3/c1-3-12-23-17-6-8-18(9-7-17)24-20-11-5-16-13-15(14(2)22)4-10-19(16)21-20/h4-11,13H,3,12H2,1-2H3. The van der Waals surface area contributed by atoms with Gasteiger partial charge in [-0.15, -0.1) is 0 Å². The minimum absolute atomic E-state index is 0.0441. The fourth-order valence-electron chi connectivity index (χ4n) is 2.33. The molecule has 1 aromatic heterocycles. The first-order chi connectivity index (χ1) is 11.7. The summed E-state index contributed by atoms with van der Waals surface area (Å²) in [4.78, 5) is 15.9. The SMILES string of the molecule is CCCOc1ccc(Oc2ccc3cc(C(C)=O)ccc3n2)cc1. The van der Waals surface area contributed by atoms with Crippen molar-refractivity contribution in [3.8, 4) is 17.4 Å². The maximum Gasteiger partial charge on any atom is 0.219 e. The molecule has 0 radical (unpaired) electrons. The molecule has 4 heteroatoms. The summed E-state index contributed by atoms with van der Waals surface area (Å²) in [5.74, 6) is 2.08. The number of aromatic nitrogens is 1. The minimum Gasteiger partial charge on any atom is -0.494 e. The molecule has 0 fully saturated rings. The normalized spacial score (nSPS) is 10.6. The van der Waals surface area contributed by atoms with Gasteiger partial charge in [0.1, 0.15) is 11.5 Å². The van der Waals surface area contributed by atoms with Crippen molar-refractivity contribution in [2.24, 2.45) is 0 Å². The second kappa shape index (κ2) is 7.13. The molecule has 24 heavy (non-hydrogen) atoms. The zero-order valence-electron chi connectivity index (χ0n) is 13.8. The van der Waals surface area contributed by atoms with Crippen molar-refractivity contribution >= 4 is 16.7 Å². The molecule has 0 aliphatic carbocycles. The Hall–Kier alpha value is -2.88. The van der Waals surface area contributed by atoms with Crippen molar-refractivity contribution < 1.29 is 14.3 Å². The van der Waals surface area contributed by atoms with E-state index < -0.39 is 0 Å². The molecule has 0 saturated heterocycles. The highest BCUT2D eigenvalue weighted by atomic mass is 16.5. The lowest BCUT2D eigenvalue weighted by Crippen LogP contribution is -1.95. The van der Waals surface area contributed by atoms with Gasteiger partial charge in [-0.2, -0.15) is 0 Å². The predicted octanol–water partition coefficient (Wildman–Crippen LogP) is 5.02. The number of Topliss-reactive ketones (excluding diaryl/α,β-unsaturated/α-hetero) is 1. The largest absolute Gasteiger partial charge is 0.494 e. The number of hydrogen-bond acceptors (Lipinski definition) is 4. The Morgan fingerprint density at radius 3 is 2.46 bits per heavy atom. The van der Waals surface area contributed by atoms with E-state index in [-0.39, 0.29) is 5.78 Å². The van der Waals surface area contributed by atoms with Gasteiger partial charge in [0.05, 0.1) is 12.1 Å². The van der Waals surface area contributed by atoms with Crippen molar-refractivity contribution in [3.05, 3.63) is 60.2 Å². The first kappa shape index (κ1) is 16.0. The van der Waals surface area contributed by atoms with Gasteiger partial charge in [-0.25, -0.2) is 4.98 Å². The van der Waals surface area contributed by atoms with E-state index >= 15 is 0 Å². The fourth-order valence-corrected chi connectivity index (χ4v) is 2.33. The maximum absolute atomic E-state index is 11.4. The molecular formula is C20H19NO3. The highest BCUT2D eigenvalue weighted by Gasteiger charge is 2.05. The van der Waals surface area contributed by atoms with Gasteiger partial charge in [0.2, 0.25) is 5.88 Å². The second-order valence-electron chi connectivity index (χ2n) is 5.54. The smallest absolute Gasteiger partial charge is 0.219 e. The summed E-state index contributed by atoms with van der Waals surface area (Å²) < 4.78 is 11.3. The van der Waals surface area contributed by atoms with E-state index in [1.54, 1.807) is 19.1 Å². The number of fused-ring (bicyclic) bond motifs is 1. The van der Waals surface area contributed by atoms with Gasteiger partial charge < -0.3 is 9.47 Å². The number of nitrogens with zero attached hydrogens (tertiary/aromatic N) is 1. The van der Waals surface area contributed by atoms with Gasteiger partial charge in [-0.05, 0) is 61.9 Å². The van der Waals surface area contributed by atoms with Crippen LogP contribution in [0.2, 0.25) is 0 Å². The maximum atomic E-state index is 11.4. The molecule has 0 bridgehead atoms. The van der Waals surface area contributed by atoms with E-state index in [1.165, 1.54) is 0 Å². The lowest BCUT2D eigenvalue weighted by Gasteiger charge is -2.08. The van der Waals surface area contributed by atoms with Crippen LogP contribution in [0.1, 0.15) is 30.6 Å². The van der Waals surface area contributed by atoms with Gasteiger partial charge in [-0.1, -0.05) is 6.92 Å². The Labute approximate surface area is 141 Å². The highest BCUT2D eigenvalue weighted by molar-refractivity contribution is 5.97. The third kappa shape index (κ3) is 3.71. The summed E-state index contributed by atoms with van der Waals surface area (Å²) in [6.45, 7) is 4.33. The van der Waals surface area contributed by atoms with Crippen molar-refractivity contribution in [3.63, 3.8) is 0 Å². The Balaban J connectivity index is 1.77. The zero-order chi connectivity index (χ0) is 16.9. The van der Waals surface area contributed by atoms with E-state index in [0.717, 1.165) is 23.1 Å². The number of hydrogen-bond donors (Lipinski definition) is 0. The Morgan fingerprint density at radius 2 is 1.75 bits per heavy atom. The molecule has 122 valence electrons. The molecule has 0 saturated carbocycles. The Bertz CT molecular complexity index is 856. The minimum atomic E-state index is 0.0441. The molecule has 0 unspecified atom stereocenters. The van der Waals surface area contributed by atoms with E-state index in [0.29, 0.717) is 23.8 Å². The highest BCUT2D eigenvalue weighted by Crippen LogP contribution is 2.25. The second-order valence-corrected chi connectivity index (χ2v) is 5.54. The average Bonchev–Trinajstić information content (AvgIpc) is 2.60. The van der Waals surface area contributed by atoms with Gasteiger partial charge in [0.25, 0.3) is 0 Å². The number of pyridine rings is 1. The molecule has 0 atom stereocenters. The molecule has 1 heterocycles. The topological polar surface area (TPSA) is 48.4 Å². The van der Waals surface area contributed by atoms with Crippen molar-refractivity contribution in [1.29, 1.82) is 0 Å². The molecule has 0 aliphatic rings. The van der Waals surface area contributed by atoms with Gasteiger partial charge in [0.15, 0.2) is 5.78 Å². The molecule has 2 aromatic carbocycles. The van der Waals surface area contributed by atoms with Crippen LogP contribution in [0.5, 0.6) is 17.4 Å². The van der Waals surface area contributed by atoms with Gasteiger partial charge in [0, 0.05) is 17.0 Å². The number of ketones is 1. The summed E-state index contributed by atoms with van der Waals surface area (Å²) in [5, 5.41) is 0.915. The van der Waals surface area contributed by atoms with Crippen LogP contribution in [-0.4, -0.2) is 17.4 Å². The van der Waals surface area contributed by atoms with Crippen molar-refractivity contribution in [1.82, 2.24) is 4.98 Å². The lowest BCUT2D eigenvalue weighted by atomic mass is 10.1. The summed E-state index contributed by atoms with van der Waals surface area (Å²) in [7, 11) is 0. The summed E-state index contributed by atoms with van der Waals surface area (Å²) in [6.07, 6.45) is 0.977. The molecule has 0 aliphatic heterocycles. The van der Waals surface area contributed by atoms with Crippen molar-refractivity contribution in [2.75, 3.05) is 6.61 Å². The van der Waals surface area contributed by atoms with Crippen LogP contribution in [0.15, 0.2) is 54.6 Å². The first-order valence-electron chi connectivity index (χ1n) is 7.98. The van der Waals surface area contributed by atoms with Crippen LogP contribution in [-0.2, 0) is 0 Å². The average molecular weight is 321 g/mol. The molecule has 0 N–H and O–H groups in total. The van der Waals surface area contributed by atoms with Crippen LogP contribution in [0, 0.1) is 0 Å². The van der Waals surface area contributed by atoms with Gasteiger partial charge >= 0.3 is 0 Å². The van der Waals surface area contributed by atoms with E-state index in [9.17, 15) is 4.79 Å². The monoisotopic (exact) mass is 321 g/mol. The van der Waals surface area contributed by atoms with Crippen LogP contribution in [0.4, 0.5) is 0 Å². The van der Waals surface area contributed by atoms with Gasteiger partial charge in [-0.3, -0.25) is 4.79 Å². The van der Waals surface area contributed by atoms with Crippen LogP contribution in [0.25, 0.3) is 10.9 Å². The predicted molar refractivity (Wildman–Crippen MR) is 94.0 cm³/mol. The van der Waals surface area contributed by atoms with Crippen LogP contribution in [0.3, 0.4) is 0 Å². The third-order valence-electron chi connectivity index (χ3n) is 3.59. The molecular weight excluding hydrogens is 302 g/mol. The molecule has 3 rings (SSSR count). The lowest BCUT2D eigenvalue weighted by molar-refractivity contribution is 0.101. The quantitative estimate of drug-likeness (QED) is 0.598. The number of rotatable bonds is 6. The molecule has 3 aromatic rings. The number of carbonyl (C=O) groups excluding carboxylic acids is 1. The summed E-state index contributed by atoms with van der Waals surface area (Å²) in [5.41, 5.74) is 1.47. The number of benzene rings is 2. The first-order valence-corrected chi connectivity index (χ1v) is 7.98. The van der Waals surface area contributed by atoms with E-state index in [1.807, 2.05) is 42.5 Å². The fraction of sp³-hybridized carbons (Fsp3) is 0.200. The summed E-state index contributed by atoms with van der Waals surface area (Å²) >= 11 is 0.